The van der Waals surface area contributed by atoms with Crippen LogP contribution in [0.15, 0.2) is 41.3 Å². The Labute approximate surface area is 187 Å². The van der Waals surface area contributed by atoms with Crippen LogP contribution in [0.4, 0.5) is 4.39 Å². The van der Waals surface area contributed by atoms with Gasteiger partial charge in [0.05, 0.1) is 21.3 Å². The molecule has 0 unspecified atom stereocenters. The van der Waals surface area contributed by atoms with E-state index in [0.717, 1.165) is 11.6 Å². The maximum Gasteiger partial charge on any atom is 0.246 e. The molecule has 1 saturated heterocycles. The fourth-order valence-electron chi connectivity index (χ4n) is 3.73. The molecule has 174 valence electrons. The standard InChI is InChI=1S/C22H27FN2O6S/c1-29-18-10-8-16(21(30-2)22(18)31-3)9-11-20(26)24-12-14-25(15-13-24)32(27,28)19-7-5-4-6-17(19)23/h4-8,10H,9,11-15H2,1-3H3. The zero-order valence-corrected chi connectivity index (χ0v) is 19.2. The number of methoxy groups -OCH3 is 3. The zero-order valence-electron chi connectivity index (χ0n) is 18.3. The highest BCUT2D eigenvalue weighted by Gasteiger charge is 2.31. The number of nitrogens with zero attached hydrogens (tertiary/aromatic N) is 2. The van der Waals surface area contributed by atoms with Crippen molar-refractivity contribution in [2.45, 2.75) is 17.7 Å². The number of sulfonamides is 1. The van der Waals surface area contributed by atoms with E-state index in [1.165, 1.54) is 43.8 Å². The summed E-state index contributed by atoms with van der Waals surface area (Å²) in [5.74, 6) is 0.638. The van der Waals surface area contributed by atoms with Crippen molar-refractivity contribution in [2.24, 2.45) is 0 Å². The minimum atomic E-state index is -3.94. The van der Waals surface area contributed by atoms with Crippen molar-refractivity contribution in [3.8, 4) is 17.2 Å². The first-order valence-corrected chi connectivity index (χ1v) is 11.6. The number of carbonyl (C=O) groups excluding carboxylic acids is 1. The molecule has 0 bridgehead atoms. The van der Waals surface area contributed by atoms with Gasteiger partial charge >= 0.3 is 0 Å². The molecule has 0 radical (unpaired) electrons. The molecule has 0 atom stereocenters. The van der Waals surface area contributed by atoms with Crippen LogP contribution < -0.4 is 14.2 Å². The highest BCUT2D eigenvalue weighted by atomic mass is 32.2. The number of rotatable bonds is 8. The van der Waals surface area contributed by atoms with Crippen LogP contribution in [0.5, 0.6) is 17.2 Å². The van der Waals surface area contributed by atoms with Crippen LogP contribution in [0, 0.1) is 5.82 Å². The van der Waals surface area contributed by atoms with Crippen LogP contribution in [-0.2, 0) is 21.2 Å². The Balaban J connectivity index is 1.62. The number of aryl methyl sites for hydroxylation is 1. The smallest absolute Gasteiger partial charge is 0.246 e. The summed E-state index contributed by atoms with van der Waals surface area (Å²) in [6.45, 7) is 0.718. The van der Waals surface area contributed by atoms with Gasteiger partial charge in [-0.15, -0.1) is 0 Å². The van der Waals surface area contributed by atoms with Crippen LogP contribution in [0.1, 0.15) is 12.0 Å². The maximum atomic E-state index is 14.0. The number of amides is 1. The van der Waals surface area contributed by atoms with Gasteiger partial charge in [-0.1, -0.05) is 18.2 Å². The lowest BCUT2D eigenvalue weighted by atomic mass is 10.1. The molecule has 1 heterocycles. The highest BCUT2D eigenvalue weighted by molar-refractivity contribution is 7.89. The summed E-state index contributed by atoms with van der Waals surface area (Å²) in [5.41, 5.74) is 0.805. The van der Waals surface area contributed by atoms with Crippen molar-refractivity contribution in [1.29, 1.82) is 0 Å². The number of hydrogen-bond donors (Lipinski definition) is 0. The molecule has 0 spiro atoms. The van der Waals surface area contributed by atoms with Gasteiger partial charge in [0.2, 0.25) is 21.7 Å². The molecule has 8 nitrogen and oxygen atoms in total. The van der Waals surface area contributed by atoms with Gasteiger partial charge in [-0.25, -0.2) is 12.8 Å². The summed E-state index contributed by atoms with van der Waals surface area (Å²) in [4.78, 5) is 14.0. The van der Waals surface area contributed by atoms with Crippen LogP contribution in [0.25, 0.3) is 0 Å². The first-order valence-electron chi connectivity index (χ1n) is 10.1. The van der Waals surface area contributed by atoms with Gasteiger partial charge in [-0.3, -0.25) is 4.79 Å². The average molecular weight is 467 g/mol. The van der Waals surface area contributed by atoms with E-state index in [4.69, 9.17) is 14.2 Å². The molecule has 1 aliphatic rings. The van der Waals surface area contributed by atoms with Gasteiger partial charge in [0.15, 0.2) is 11.5 Å². The lowest BCUT2D eigenvalue weighted by molar-refractivity contribution is -0.132. The van der Waals surface area contributed by atoms with Crippen molar-refractivity contribution in [3.05, 3.63) is 47.8 Å². The van der Waals surface area contributed by atoms with Crippen molar-refractivity contribution in [2.75, 3.05) is 47.5 Å². The number of piperazine rings is 1. The molecule has 1 amide bonds. The summed E-state index contributed by atoms with van der Waals surface area (Å²) < 4.78 is 56.7. The average Bonchev–Trinajstić information content (AvgIpc) is 2.81. The molecule has 32 heavy (non-hydrogen) atoms. The van der Waals surface area contributed by atoms with E-state index < -0.39 is 15.8 Å². The SMILES string of the molecule is COc1ccc(CCC(=O)N2CCN(S(=O)(=O)c3ccccc3F)CC2)c(OC)c1OC. The van der Waals surface area contributed by atoms with E-state index in [1.54, 1.807) is 11.0 Å². The third kappa shape index (κ3) is 4.81. The van der Waals surface area contributed by atoms with E-state index in [-0.39, 0.29) is 43.4 Å². The summed E-state index contributed by atoms with van der Waals surface area (Å²) in [5, 5.41) is 0. The second kappa shape index (κ2) is 10.2. The Morgan fingerprint density at radius 1 is 0.938 bits per heavy atom. The van der Waals surface area contributed by atoms with Crippen molar-refractivity contribution < 1.29 is 31.8 Å². The second-order valence-corrected chi connectivity index (χ2v) is 9.12. The van der Waals surface area contributed by atoms with Crippen LogP contribution in [0.2, 0.25) is 0 Å². The van der Waals surface area contributed by atoms with Crippen molar-refractivity contribution in [3.63, 3.8) is 0 Å². The molecule has 0 N–H and O–H groups in total. The lowest BCUT2D eigenvalue weighted by Crippen LogP contribution is -2.50. The highest BCUT2D eigenvalue weighted by Crippen LogP contribution is 2.40. The third-order valence-corrected chi connectivity index (χ3v) is 7.37. The number of benzene rings is 2. The summed E-state index contributed by atoms with van der Waals surface area (Å²) >= 11 is 0. The van der Waals surface area contributed by atoms with Gasteiger partial charge in [0.1, 0.15) is 10.7 Å². The quantitative estimate of drug-likeness (QED) is 0.594. The van der Waals surface area contributed by atoms with E-state index in [1.807, 2.05) is 6.07 Å². The minimum Gasteiger partial charge on any atom is -0.493 e. The van der Waals surface area contributed by atoms with Crippen molar-refractivity contribution >= 4 is 15.9 Å². The Hall–Kier alpha value is -2.85. The third-order valence-electron chi connectivity index (χ3n) is 5.44. The molecule has 0 aromatic heterocycles. The zero-order chi connectivity index (χ0) is 23.3. The number of carbonyl (C=O) groups is 1. The van der Waals surface area contributed by atoms with Gasteiger partial charge in [0.25, 0.3) is 0 Å². The summed E-state index contributed by atoms with van der Waals surface area (Å²) in [6.07, 6.45) is 0.655. The van der Waals surface area contributed by atoms with E-state index >= 15 is 0 Å². The summed E-state index contributed by atoms with van der Waals surface area (Å²) in [7, 11) is 0.636. The van der Waals surface area contributed by atoms with Crippen LogP contribution in [-0.4, -0.2) is 71.0 Å². The molecule has 0 saturated carbocycles. The number of ether oxygens (including phenoxy) is 3. The molecular weight excluding hydrogens is 439 g/mol. The Kier molecular flexibility index (Phi) is 7.57. The Bertz CT molecular complexity index is 1070. The molecule has 0 aliphatic carbocycles. The van der Waals surface area contributed by atoms with Crippen LogP contribution >= 0.6 is 0 Å². The van der Waals surface area contributed by atoms with Crippen LogP contribution in [0.3, 0.4) is 0 Å². The fourth-order valence-corrected chi connectivity index (χ4v) is 5.22. The van der Waals surface area contributed by atoms with Crippen molar-refractivity contribution in [1.82, 2.24) is 9.21 Å². The molecule has 2 aromatic carbocycles. The predicted molar refractivity (Wildman–Crippen MR) is 116 cm³/mol. The molecule has 1 aliphatic heterocycles. The van der Waals surface area contributed by atoms with Gasteiger partial charge in [-0.2, -0.15) is 4.31 Å². The Morgan fingerprint density at radius 2 is 1.59 bits per heavy atom. The lowest BCUT2D eigenvalue weighted by Gasteiger charge is -2.34. The number of hydrogen-bond acceptors (Lipinski definition) is 6. The first kappa shape index (κ1) is 23.8. The number of halogens is 1. The predicted octanol–water partition coefficient (Wildman–Crippen LogP) is 2.32. The Morgan fingerprint density at radius 3 is 2.19 bits per heavy atom. The molecular formula is C22H27FN2O6S. The monoisotopic (exact) mass is 466 g/mol. The normalized spacial score (nSPS) is 14.8. The maximum absolute atomic E-state index is 14.0. The molecule has 10 heteroatoms. The van der Waals surface area contributed by atoms with Gasteiger partial charge in [0, 0.05) is 32.6 Å². The minimum absolute atomic E-state index is 0.0928. The van der Waals surface area contributed by atoms with Gasteiger partial charge < -0.3 is 19.1 Å². The van der Waals surface area contributed by atoms with E-state index in [2.05, 4.69) is 0 Å². The molecule has 2 aromatic rings. The fraction of sp³-hybridized carbons (Fsp3) is 0.409. The van der Waals surface area contributed by atoms with Gasteiger partial charge in [-0.05, 0) is 30.2 Å². The largest absolute Gasteiger partial charge is 0.493 e. The molecule has 3 rings (SSSR count). The molecule has 1 fully saturated rings. The van der Waals surface area contributed by atoms with E-state index in [0.29, 0.717) is 23.7 Å². The topological polar surface area (TPSA) is 85.4 Å². The second-order valence-electron chi connectivity index (χ2n) is 7.21. The summed E-state index contributed by atoms with van der Waals surface area (Å²) in [6, 6.07) is 8.88. The first-order chi connectivity index (χ1) is 15.3. The van der Waals surface area contributed by atoms with E-state index in [9.17, 15) is 17.6 Å².